The van der Waals surface area contributed by atoms with Crippen LogP contribution in [-0.4, -0.2) is 30.9 Å². The van der Waals surface area contributed by atoms with Crippen LogP contribution in [0.15, 0.2) is 22.7 Å². The molecule has 0 aliphatic rings. The maximum absolute atomic E-state index is 11.9. The largest absolute Gasteiger partial charge is 0.468 e. The van der Waals surface area contributed by atoms with Crippen molar-refractivity contribution in [3.05, 3.63) is 31.8 Å². The molecule has 0 heterocycles. The topological polar surface area (TPSA) is 55.4 Å². The van der Waals surface area contributed by atoms with Crippen LogP contribution in [0.3, 0.4) is 0 Å². The van der Waals surface area contributed by atoms with Gasteiger partial charge in [-0.15, -0.1) is 11.6 Å². The van der Waals surface area contributed by atoms with E-state index in [0.29, 0.717) is 10.0 Å². The van der Waals surface area contributed by atoms with Crippen molar-refractivity contribution in [1.29, 1.82) is 0 Å². The minimum absolute atomic E-state index is 0.0188. The number of nitrogens with one attached hydrogen (secondary N) is 1. The van der Waals surface area contributed by atoms with Crippen molar-refractivity contribution in [2.24, 2.45) is 0 Å². The van der Waals surface area contributed by atoms with Gasteiger partial charge in [-0.25, -0.2) is 0 Å². The summed E-state index contributed by atoms with van der Waals surface area (Å²) in [5, 5.41) is 1.69. The molecule has 98 valence electrons. The second-order valence-electron chi connectivity index (χ2n) is 3.32. The van der Waals surface area contributed by atoms with Crippen LogP contribution in [0.5, 0.6) is 0 Å². The molecule has 1 amide bonds. The SMILES string of the molecule is COC(=O)C(Cl)CNC(=O)c1cc(I)ccc1Br. The first kappa shape index (κ1) is 15.7. The number of benzene rings is 1. The molecule has 0 radical (unpaired) electrons. The number of halogens is 3. The molecule has 0 aliphatic carbocycles. The highest BCUT2D eigenvalue weighted by Gasteiger charge is 2.18. The van der Waals surface area contributed by atoms with E-state index in [4.69, 9.17) is 11.6 Å². The van der Waals surface area contributed by atoms with E-state index in [1.54, 1.807) is 12.1 Å². The number of hydrogen-bond acceptors (Lipinski definition) is 3. The fourth-order valence-corrected chi connectivity index (χ4v) is 2.24. The van der Waals surface area contributed by atoms with Crippen molar-refractivity contribution in [2.75, 3.05) is 13.7 Å². The van der Waals surface area contributed by atoms with Crippen LogP contribution in [0.25, 0.3) is 0 Å². The minimum Gasteiger partial charge on any atom is -0.468 e. The first-order chi connectivity index (χ1) is 8.45. The number of carbonyl (C=O) groups is 2. The number of ether oxygens (including phenoxy) is 1. The maximum Gasteiger partial charge on any atom is 0.325 e. The summed E-state index contributed by atoms with van der Waals surface area (Å²) in [6, 6.07) is 5.40. The number of hydrogen-bond donors (Lipinski definition) is 1. The van der Waals surface area contributed by atoms with Crippen LogP contribution in [0, 0.1) is 3.57 Å². The molecule has 7 heteroatoms. The van der Waals surface area contributed by atoms with Gasteiger partial charge in [0.2, 0.25) is 0 Å². The van der Waals surface area contributed by atoms with Crippen molar-refractivity contribution < 1.29 is 14.3 Å². The van der Waals surface area contributed by atoms with Gasteiger partial charge in [-0.1, -0.05) is 0 Å². The summed E-state index contributed by atoms with van der Waals surface area (Å²) >= 11 is 11.1. The minimum atomic E-state index is -0.888. The van der Waals surface area contributed by atoms with Crippen molar-refractivity contribution in [3.8, 4) is 0 Å². The average Bonchev–Trinajstić information content (AvgIpc) is 2.37. The zero-order valence-corrected chi connectivity index (χ0v) is 13.9. The van der Waals surface area contributed by atoms with Gasteiger partial charge in [-0.2, -0.15) is 0 Å². The van der Waals surface area contributed by atoms with E-state index in [2.05, 4.69) is 48.6 Å². The van der Waals surface area contributed by atoms with Gasteiger partial charge in [0.15, 0.2) is 0 Å². The number of carbonyl (C=O) groups excluding carboxylic acids is 2. The van der Waals surface area contributed by atoms with E-state index in [-0.39, 0.29) is 12.5 Å². The molecule has 0 saturated heterocycles. The van der Waals surface area contributed by atoms with E-state index < -0.39 is 11.3 Å². The average molecular weight is 446 g/mol. The molecule has 1 N–H and O–H groups in total. The van der Waals surface area contributed by atoms with E-state index in [1.165, 1.54) is 7.11 Å². The molecule has 1 atom stereocenters. The van der Waals surface area contributed by atoms with E-state index in [9.17, 15) is 9.59 Å². The third kappa shape index (κ3) is 4.40. The lowest BCUT2D eigenvalue weighted by atomic mass is 10.2. The molecule has 0 aliphatic heterocycles. The van der Waals surface area contributed by atoms with Gasteiger partial charge < -0.3 is 10.1 Å². The molecule has 1 rings (SSSR count). The molecule has 4 nitrogen and oxygen atoms in total. The summed E-state index contributed by atoms with van der Waals surface area (Å²) in [5.41, 5.74) is 0.496. The molecule has 18 heavy (non-hydrogen) atoms. The van der Waals surface area contributed by atoms with Gasteiger partial charge in [0.05, 0.1) is 12.7 Å². The zero-order valence-electron chi connectivity index (χ0n) is 9.38. The normalized spacial score (nSPS) is 11.8. The first-order valence-electron chi connectivity index (χ1n) is 4.91. The summed E-state index contributed by atoms with van der Waals surface area (Å²) in [7, 11) is 1.25. The Morgan fingerprint density at radius 2 is 2.22 bits per heavy atom. The van der Waals surface area contributed by atoms with Crippen LogP contribution in [-0.2, 0) is 9.53 Å². The number of amides is 1. The van der Waals surface area contributed by atoms with Gasteiger partial charge in [0, 0.05) is 14.6 Å². The molecule has 0 fully saturated rings. The second kappa shape index (κ2) is 7.30. The van der Waals surface area contributed by atoms with Gasteiger partial charge in [0.1, 0.15) is 5.38 Å². The molecule has 1 aromatic carbocycles. The fraction of sp³-hybridized carbons (Fsp3) is 0.273. The summed E-state index contributed by atoms with van der Waals surface area (Å²) in [6.45, 7) is 0.0188. The van der Waals surface area contributed by atoms with Crippen molar-refractivity contribution in [2.45, 2.75) is 5.38 Å². The molecule has 0 spiro atoms. The molecule has 0 aromatic heterocycles. The lowest BCUT2D eigenvalue weighted by Gasteiger charge is -2.10. The van der Waals surface area contributed by atoms with Gasteiger partial charge in [-0.3, -0.25) is 9.59 Å². The van der Waals surface area contributed by atoms with Crippen LogP contribution >= 0.6 is 50.1 Å². The van der Waals surface area contributed by atoms with Crippen LogP contribution in [0.2, 0.25) is 0 Å². The summed E-state index contributed by atoms with van der Waals surface area (Å²) in [6.07, 6.45) is 0. The second-order valence-corrected chi connectivity index (χ2v) is 5.95. The Hall–Kier alpha value is -0.340. The Labute approximate surface area is 132 Å². The molecular formula is C11H10BrClINO3. The number of esters is 1. The predicted molar refractivity (Wildman–Crippen MR) is 80.8 cm³/mol. The Morgan fingerprint density at radius 3 is 2.83 bits per heavy atom. The third-order valence-electron chi connectivity index (χ3n) is 2.07. The van der Waals surface area contributed by atoms with Crippen molar-refractivity contribution >= 4 is 62.0 Å². The number of alkyl halides is 1. The Morgan fingerprint density at radius 1 is 1.56 bits per heavy atom. The van der Waals surface area contributed by atoms with Gasteiger partial charge >= 0.3 is 5.97 Å². The fourth-order valence-electron chi connectivity index (χ4n) is 1.16. The first-order valence-corrected chi connectivity index (χ1v) is 7.21. The highest BCUT2D eigenvalue weighted by molar-refractivity contribution is 14.1. The van der Waals surface area contributed by atoms with Crippen LogP contribution in [0.1, 0.15) is 10.4 Å². The van der Waals surface area contributed by atoms with Crippen LogP contribution < -0.4 is 5.32 Å². The molecule has 1 unspecified atom stereocenters. The van der Waals surface area contributed by atoms with E-state index in [1.807, 2.05) is 6.07 Å². The van der Waals surface area contributed by atoms with Gasteiger partial charge in [-0.05, 0) is 56.7 Å². The zero-order chi connectivity index (χ0) is 13.7. The molecule has 0 bridgehead atoms. The lowest BCUT2D eigenvalue weighted by molar-refractivity contribution is -0.140. The molecular weight excluding hydrogens is 436 g/mol. The van der Waals surface area contributed by atoms with Crippen LogP contribution in [0.4, 0.5) is 0 Å². The monoisotopic (exact) mass is 445 g/mol. The van der Waals surface area contributed by atoms with Crippen molar-refractivity contribution in [1.82, 2.24) is 5.32 Å². The summed E-state index contributed by atoms with van der Waals surface area (Å²) < 4.78 is 6.09. The van der Waals surface area contributed by atoms with E-state index >= 15 is 0 Å². The quantitative estimate of drug-likeness (QED) is 0.440. The Bertz CT molecular complexity index is 470. The lowest BCUT2D eigenvalue weighted by Crippen LogP contribution is -2.34. The third-order valence-corrected chi connectivity index (χ3v) is 3.77. The summed E-state index contributed by atoms with van der Waals surface area (Å²) in [5.74, 6) is -0.867. The Balaban J connectivity index is 2.66. The predicted octanol–water partition coefficient (Wildman–Crippen LogP) is 2.56. The Kier molecular flexibility index (Phi) is 6.37. The standard InChI is InChI=1S/C11H10BrClINO3/c1-18-11(17)9(13)5-15-10(16)7-4-6(14)2-3-8(7)12/h2-4,9H,5H2,1H3,(H,15,16). The highest BCUT2D eigenvalue weighted by Crippen LogP contribution is 2.19. The smallest absolute Gasteiger partial charge is 0.325 e. The van der Waals surface area contributed by atoms with Crippen molar-refractivity contribution in [3.63, 3.8) is 0 Å². The number of methoxy groups -OCH3 is 1. The molecule has 1 aromatic rings. The van der Waals surface area contributed by atoms with Gasteiger partial charge in [0.25, 0.3) is 5.91 Å². The number of rotatable bonds is 4. The maximum atomic E-state index is 11.9. The molecule has 0 saturated carbocycles. The highest BCUT2D eigenvalue weighted by atomic mass is 127. The summed E-state index contributed by atoms with van der Waals surface area (Å²) in [4.78, 5) is 22.9. The van der Waals surface area contributed by atoms with E-state index in [0.717, 1.165) is 3.57 Å².